The van der Waals surface area contributed by atoms with Gasteiger partial charge < -0.3 is 15.7 Å². The Bertz CT molecular complexity index is 713. The van der Waals surface area contributed by atoms with Gasteiger partial charge in [-0.1, -0.05) is 23.2 Å². The second-order valence-corrected chi connectivity index (χ2v) is 5.56. The fourth-order valence-electron chi connectivity index (χ4n) is 1.74. The van der Waals surface area contributed by atoms with Gasteiger partial charge in [0.25, 0.3) is 0 Å². The quantitative estimate of drug-likeness (QED) is 0.650. The van der Waals surface area contributed by atoms with Crippen LogP contribution in [0.15, 0.2) is 24.3 Å². The van der Waals surface area contributed by atoms with Crippen molar-refractivity contribution in [2.24, 2.45) is 0 Å². The van der Waals surface area contributed by atoms with Gasteiger partial charge in [0.05, 0.1) is 10.7 Å². The van der Waals surface area contributed by atoms with Crippen LogP contribution in [0, 0.1) is 0 Å². The van der Waals surface area contributed by atoms with Crippen LogP contribution in [0.3, 0.4) is 0 Å². The average Bonchev–Trinajstić information content (AvgIpc) is 2.49. The number of benzene rings is 1. The van der Waals surface area contributed by atoms with E-state index in [2.05, 4.69) is 20.6 Å². The summed E-state index contributed by atoms with van der Waals surface area (Å²) in [7, 11) is 0. The van der Waals surface area contributed by atoms with Crippen LogP contribution >= 0.6 is 23.2 Å². The Balaban J connectivity index is 2.31. The van der Waals surface area contributed by atoms with E-state index in [1.54, 1.807) is 6.07 Å². The smallest absolute Gasteiger partial charge is 0.396 e. The number of hydrogen-bond donors (Lipinski definition) is 3. The largest absolute Gasteiger partial charge is 0.433 e. The number of halogens is 5. The molecule has 1 aromatic heterocycles. The molecule has 5 nitrogen and oxygen atoms in total. The van der Waals surface area contributed by atoms with Crippen LogP contribution in [0.4, 0.5) is 30.6 Å². The second-order valence-electron chi connectivity index (χ2n) is 4.71. The zero-order valence-electron chi connectivity index (χ0n) is 12.2. The van der Waals surface area contributed by atoms with Gasteiger partial charge in [-0.15, -0.1) is 0 Å². The predicted molar refractivity (Wildman–Crippen MR) is 87.0 cm³/mol. The number of hydrogen-bond acceptors (Lipinski definition) is 5. The van der Waals surface area contributed by atoms with E-state index in [1.807, 2.05) is 0 Å². The first-order valence-electron chi connectivity index (χ1n) is 6.82. The van der Waals surface area contributed by atoms with Crippen LogP contribution in [-0.4, -0.2) is 28.2 Å². The van der Waals surface area contributed by atoms with Gasteiger partial charge >= 0.3 is 6.18 Å². The van der Waals surface area contributed by atoms with Crippen LogP contribution in [0.25, 0.3) is 0 Å². The highest BCUT2D eigenvalue weighted by atomic mass is 35.5. The molecule has 10 heteroatoms. The molecule has 0 aliphatic rings. The van der Waals surface area contributed by atoms with Crippen molar-refractivity contribution >= 4 is 40.7 Å². The number of aliphatic hydroxyl groups excluding tert-OH is 1. The number of aromatic nitrogens is 2. The topological polar surface area (TPSA) is 70.1 Å². The number of rotatable bonds is 6. The molecular formula is C14H13Cl2F3N4O. The van der Waals surface area contributed by atoms with E-state index in [0.717, 1.165) is 6.07 Å². The molecule has 0 unspecified atom stereocenters. The van der Waals surface area contributed by atoms with Crippen LogP contribution < -0.4 is 10.6 Å². The summed E-state index contributed by atoms with van der Waals surface area (Å²) in [6.45, 7) is 0.135. The number of aliphatic hydroxyl groups is 1. The molecule has 0 saturated carbocycles. The van der Waals surface area contributed by atoms with Gasteiger partial charge in [0, 0.05) is 24.2 Å². The number of nitrogens with one attached hydrogen (secondary N) is 2. The van der Waals surface area contributed by atoms with Gasteiger partial charge in [-0.25, -0.2) is 4.98 Å². The van der Waals surface area contributed by atoms with Gasteiger partial charge in [0.2, 0.25) is 5.95 Å². The first-order chi connectivity index (χ1) is 11.3. The second kappa shape index (κ2) is 7.87. The summed E-state index contributed by atoms with van der Waals surface area (Å²) in [6, 6.07) is 5.31. The minimum absolute atomic E-state index is 0.0759. The average molecular weight is 381 g/mol. The molecule has 130 valence electrons. The normalized spacial score (nSPS) is 11.4. The summed E-state index contributed by atoms with van der Waals surface area (Å²) in [6.07, 6.45) is -4.28. The zero-order valence-corrected chi connectivity index (χ0v) is 13.7. The molecular weight excluding hydrogens is 368 g/mol. The molecule has 24 heavy (non-hydrogen) atoms. The molecule has 0 saturated heterocycles. The Morgan fingerprint density at radius 1 is 1.12 bits per heavy atom. The van der Waals surface area contributed by atoms with Crippen molar-refractivity contribution in [2.45, 2.75) is 12.6 Å². The SMILES string of the molecule is OCCCNc1nc(Nc2ccc(Cl)cc2Cl)cc(C(F)(F)F)n1. The standard InChI is InChI=1S/C14H13Cl2F3N4O/c15-8-2-3-10(9(16)6-8)21-12-7-11(14(17,18)19)22-13(23-12)20-4-1-5-24/h2-3,6-7,24H,1,4-5H2,(H2,20,21,22,23). The fourth-order valence-corrected chi connectivity index (χ4v) is 2.20. The molecule has 2 aromatic rings. The molecule has 3 N–H and O–H groups in total. The summed E-state index contributed by atoms with van der Waals surface area (Å²) in [5, 5.41) is 14.7. The highest BCUT2D eigenvalue weighted by Crippen LogP contribution is 2.32. The van der Waals surface area contributed by atoms with Crippen molar-refractivity contribution in [1.29, 1.82) is 0 Å². The van der Waals surface area contributed by atoms with Gasteiger partial charge in [0.1, 0.15) is 5.82 Å². The third-order valence-electron chi connectivity index (χ3n) is 2.83. The molecule has 0 bridgehead atoms. The van der Waals surface area contributed by atoms with Gasteiger partial charge in [-0.2, -0.15) is 18.2 Å². The van der Waals surface area contributed by atoms with Crippen molar-refractivity contribution in [3.63, 3.8) is 0 Å². The number of anilines is 3. The molecule has 1 aromatic carbocycles. The Morgan fingerprint density at radius 2 is 1.88 bits per heavy atom. The van der Waals surface area contributed by atoms with E-state index >= 15 is 0 Å². The first kappa shape index (κ1) is 18.6. The number of alkyl halides is 3. The van der Waals surface area contributed by atoms with E-state index in [1.165, 1.54) is 12.1 Å². The van der Waals surface area contributed by atoms with E-state index < -0.39 is 11.9 Å². The van der Waals surface area contributed by atoms with E-state index in [9.17, 15) is 13.2 Å². The van der Waals surface area contributed by atoms with Crippen molar-refractivity contribution in [3.8, 4) is 0 Å². The van der Waals surface area contributed by atoms with E-state index in [-0.39, 0.29) is 29.9 Å². The summed E-state index contributed by atoms with van der Waals surface area (Å²) in [4.78, 5) is 7.40. The molecule has 0 aliphatic heterocycles. The van der Waals surface area contributed by atoms with E-state index in [4.69, 9.17) is 28.3 Å². The van der Waals surface area contributed by atoms with Crippen LogP contribution in [0.5, 0.6) is 0 Å². The molecule has 0 amide bonds. The molecule has 0 radical (unpaired) electrons. The predicted octanol–water partition coefficient (Wildman–Crippen LogP) is 4.34. The minimum atomic E-state index is -4.63. The summed E-state index contributed by atoms with van der Waals surface area (Å²) < 4.78 is 38.9. The molecule has 2 rings (SSSR count). The maximum atomic E-state index is 13.0. The first-order valence-corrected chi connectivity index (χ1v) is 7.58. The maximum Gasteiger partial charge on any atom is 0.433 e. The third kappa shape index (κ3) is 5.12. The summed E-state index contributed by atoms with van der Waals surface area (Å²) in [5.74, 6) is -0.279. The molecule has 0 spiro atoms. The van der Waals surface area contributed by atoms with Crippen molar-refractivity contribution < 1.29 is 18.3 Å². The summed E-state index contributed by atoms with van der Waals surface area (Å²) >= 11 is 11.8. The maximum absolute atomic E-state index is 13.0. The molecule has 0 atom stereocenters. The fraction of sp³-hybridized carbons (Fsp3) is 0.286. The lowest BCUT2D eigenvalue weighted by Crippen LogP contribution is -2.14. The Kier molecular flexibility index (Phi) is 6.09. The molecule has 1 heterocycles. The van der Waals surface area contributed by atoms with Crippen molar-refractivity contribution in [2.75, 3.05) is 23.8 Å². The molecule has 0 aliphatic carbocycles. The van der Waals surface area contributed by atoms with Gasteiger partial charge in [-0.3, -0.25) is 0 Å². The number of nitrogens with zero attached hydrogens (tertiary/aromatic N) is 2. The van der Waals surface area contributed by atoms with Crippen molar-refractivity contribution in [3.05, 3.63) is 40.0 Å². The van der Waals surface area contributed by atoms with Crippen LogP contribution in [-0.2, 0) is 6.18 Å². The van der Waals surface area contributed by atoms with Crippen LogP contribution in [0.1, 0.15) is 12.1 Å². The lowest BCUT2D eigenvalue weighted by molar-refractivity contribution is -0.141. The Hall–Kier alpha value is -1.77. The minimum Gasteiger partial charge on any atom is -0.396 e. The Labute approximate surface area is 145 Å². The monoisotopic (exact) mass is 380 g/mol. The Morgan fingerprint density at radius 3 is 2.50 bits per heavy atom. The van der Waals surface area contributed by atoms with Crippen LogP contribution in [0.2, 0.25) is 10.0 Å². The highest BCUT2D eigenvalue weighted by molar-refractivity contribution is 6.36. The van der Waals surface area contributed by atoms with Gasteiger partial charge in [0.15, 0.2) is 5.69 Å². The highest BCUT2D eigenvalue weighted by Gasteiger charge is 2.33. The lowest BCUT2D eigenvalue weighted by Gasteiger charge is -2.13. The zero-order chi connectivity index (χ0) is 17.7. The van der Waals surface area contributed by atoms with Gasteiger partial charge in [-0.05, 0) is 24.6 Å². The summed E-state index contributed by atoms with van der Waals surface area (Å²) in [5.41, 5.74) is -0.745. The van der Waals surface area contributed by atoms with E-state index in [0.29, 0.717) is 17.1 Å². The van der Waals surface area contributed by atoms with Crippen molar-refractivity contribution in [1.82, 2.24) is 9.97 Å². The molecule has 0 fully saturated rings. The third-order valence-corrected chi connectivity index (χ3v) is 3.38. The lowest BCUT2D eigenvalue weighted by atomic mass is 10.3.